The Hall–Kier alpha value is -2.42. The number of halogens is 1. The molecule has 0 bridgehead atoms. The second-order valence-corrected chi connectivity index (χ2v) is 6.63. The van der Waals surface area contributed by atoms with E-state index in [4.69, 9.17) is 17.4 Å². The Morgan fingerprint density at radius 1 is 1.04 bits per heavy atom. The lowest BCUT2D eigenvalue weighted by Crippen LogP contribution is -2.40. The van der Waals surface area contributed by atoms with Gasteiger partial charge in [-0.05, 0) is 36.4 Å². The first kappa shape index (κ1) is 16.9. The van der Waals surface area contributed by atoms with Crippen LogP contribution in [0.5, 0.6) is 0 Å². The number of hydrazone groups is 1. The summed E-state index contributed by atoms with van der Waals surface area (Å²) in [5.41, 5.74) is 4.80. The van der Waals surface area contributed by atoms with Gasteiger partial charge in [-0.3, -0.25) is 15.6 Å². The second kappa shape index (κ2) is 7.23. The maximum Gasteiger partial charge on any atom is 0.297 e. The first-order valence-electron chi connectivity index (χ1n) is 6.35. The minimum absolute atomic E-state index is 0.126. The fourth-order valence-corrected chi connectivity index (χ4v) is 2.96. The zero-order chi connectivity index (χ0) is 16.9. The van der Waals surface area contributed by atoms with Crippen LogP contribution in [0.4, 0.5) is 5.69 Å². The summed E-state index contributed by atoms with van der Waals surface area (Å²) in [5.74, 6) is 4.01. The highest BCUT2D eigenvalue weighted by molar-refractivity contribution is 8.08. The Labute approximate surface area is 138 Å². The van der Waals surface area contributed by atoms with Gasteiger partial charge in [0.15, 0.2) is 0 Å². The number of para-hydroxylation sites is 1. The number of carbonyl (C=O) groups is 1. The van der Waals surface area contributed by atoms with Crippen LogP contribution < -0.4 is 16.7 Å². The average molecular weight is 353 g/mol. The Morgan fingerprint density at radius 2 is 1.65 bits per heavy atom. The van der Waals surface area contributed by atoms with Crippen molar-refractivity contribution >= 4 is 38.1 Å². The number of hydrogen-bond acceptors (Lipinski definition) is 6. The van der Waals surface area contributed by atoms with Crippen LogP contribution in [0, 0.1) is 0 Å². The summed E-state index contributed by atoms with van der Waals surface area (Å²) >= 11 is 5.74. The summed E-state index contributed by atoms with van der Waals surface area (Å²) in [6, 6.07) is 13.9. The van der Waals surface area contributed by atoms with E-state index in [-0.39, 0.29) is 4.90 Å². The number of hydrazine groups is 1. The maximum absolute atomic E-state index is 12.5. The molecule has 9 heteroatoms. The number of anilines is 1. The number of sulfone groups is 1. The zero-order valence-electron chi connectivity index (χ0n) is 11.7. The summed E-state index contributed by atoms with van der Waals surface area (Å²) in [6.07, 6.45) is 0. The van der Waals surface area contributed by atoms with Crippen molar-refractivity contribution < 1.29 is 13.2 Å². The third-order valence-corrected chi connectivity index (χ3v) is 4.69. The van der Waals surface area contributed by atoms with Gasteiger partial charge in [-0.25, -0.2) is 14.3 Å². The molecule has 23 heavy (non-hydrogen) atoms. The molecule has 2 rings (SSSR count). The summed E-state index contributed by atoms with van der Waals surface area (Å²) in [5, 5.41) is 3.30. The summed E-state index contributed by atoms with van der Waals surface area (Å²) in [4.78, 5) is 11.7. The van der Waals surface area contributed by atoms with Crippen molar-refractivity contribution in [3.05, 3.63) is 59.6 Å². The molecule has 0 fully saturated rings. The van der Waals surface area contributed by atoms with Crippen molar-refractivity contribution in [3.63, 3.8) is 0 Å². The van der Waals surface area contributed by atoms with E-state index in [1.165, 1.54) is 24.3 Å². The number of nitrogens with one attached hydrogen (secondary N) is 2. The lowest BCUT2D eigenvalue weighted by Gasteiger charge is -2.08. The molecule has 0 heterocycles. The molecular formula is C14H13ClN4O3S. The predicted molar refractivity (Wildman–Crippen MR) is 88.5 cm³/mol. The molecule has 0 unspecified atom stereocenters. The minimum atomic E-state index is -4.16. The highest BCUT2D eigenvalue weighted by atomic mass is 35.5. The Balaban J connectivity index is 2.41. The van der Waals surface area contributed by atoms with E-state index < -0.39 is 20.8 Å². The molecule has 2 aromatic rings. The van der Waals surface area contributed by atoms with E-state index in [0.717, 1.165) is 0 Å². The summed E-state index contributed by atoms with van der Waals surface area (Å²) in [6.45, 7) is 0. The lowest BCUT2D eigenvalue weighted by atomic mass is 10.3. The highest BCUT2D eigenvalue weighted by Gasteiger charge is 2.29. The first-order chi connectivity index (χ1) is 10.9. The standard InChI is InChI=1S/C14H13ClN4O3S/c15-10-6-8-12(9-7-10)23(21,22)14(13(20)17-16)19-18-11-4-2-1-3-5-11/h1-9,18H,16H2,(H,17,20). The largest absolute Gasteiger partial charge is 0.297 e. The number of hydrogen-bond donors (Lipinski definition) is 3. The van der Waals surface area contributed by atoms with Gasteiger partial charge in [-0.1, -0.05) is 29.8 Å². The van der Waals surface area contributed by atoms with Crippen LogP contribution in [0.3, 0.4) is 0 Å². The molecule has 7 nitrogen and oxygen atoms in total. The van der Waals surface area contributed by atoms with Gasteiger partial charge >= 0.3 is 0 Å². The second-order valence-electron chi connectivity index (χ2n) is 4.33. The van der Waals surface area contributed by atoms with Crippen LogP contribution in [0.1, 0.15) is 0 Å². The van der Waals surface area contributed by atoms with Gasteiger partial charge in [0.2, 0.25) is 14.9 Å². The van der Waals surface area contributed by atoms with Crippen molar-refractivity contribution in [1.29, 1.82) is 0 Å². The van der Waals surface area contributed by atoms with Crippen LogP contribution in [-0.4, -0.2) is 19.4 Å². The van der Waals surface area contributed by atoms with Gasteiger partial charge in [-0.2, -0.15) is 5.10 Å². The monoisotopic (exact) mass is 352 g/mol. The molecular weight excluding hydrogens is 340 g/mol. The smallest absolute Gasteiger partial charge is 0.288 e. The fourth-order valence-electron chi connectivity index (χ4n) is 1.65. The van der Waals surface area contributed by atoms with Gasteiger partial charge < -0.3 is 0 Å². The summed E-state index contributed by atoms with van der Waals surface area (Å²) < 4.78 is 25.1. The van der Waals surface area contributed by atoms with Crippen molar-refractivity contribution in [1.82, 2.24) is 5.43 Å². The molecule has 0 atom stereocenters. The molecule has 0 spiro atoms. The normalized spacial score (nSPS) is 11.8. The molecule has 0 saturated heterocycles. The third kappa shape index (κ3) is 4.07. The SMILES string of the molecule is NNC(=O)C(=NNc1ccccc1)S(=O)(=O)c1ccc(Cl)cc1. The number of carbonyl (C=O) groups excluding carboxylic acids is 1. The molecule has 0 aromatic heterocycles. The Kier molecular flexibility index (Phi) is 5.32. The van der Waals surface area contributed by atoms with E-state index in [9.17, 15) is 13.2 Å². The van der Waals surface area contributed by atoms with Gasteiger partial charge in [-0.15, -0.1) is 0 Å². The zero-order valence-corrected chi connectivity index (χ0v) is 13.3. The number of rotatable bonds is 3. The summed E-state index contributed by atoms with van der Waals surface area (Å²) in [7, 11) is -4.16. The van der Waals surface area contributed by atoms with E-state index >= 15 is 0 Å². The molecule has 0 saturated carbocycles. The molecule has 4 N–H and O–H groups in total. The number of benzene rings is 2. The van der Waals surface area contributed by atoms with Crippen LogP contribution in [0.2, 0.25) is 5.02 Å². The molecule has 1 amide bonds. The Bertz CT molecular complexity index is 821. The van der Waals surface area contributed by atoms with Gasteiger partial charge in [0, 0.05) is 5.02 Å². The van der Waals surface area contributed by atoms with Crippen LogP contribution >= 0.6 is 11.6 Å². The highest BCUT2D eigenvalue weighted by Crippen LogP contribution is 2.17. The average Bonchev–Trinajstić information content (AvgIpc) is 2.56. The van der Waals surface area contributed by atoms with E-state index in [0.29, 0.717) is 10.7 Å². The topological polar surface area (TPSA) is 114 Å². The fraction of sp³-hybridized carbons (Fsp3) is 0. The van der Waals surface area contributed by atoms with Crippen molar-refractivity contribution in [2.75, 3.05) is 5.43 Å². The predicted octanol–water partition coefficient (Wildman–Crippen LogP) is 1.53. The lowest BCUT2D eigenvalue weighted by molar-refractivity contribution is -0.114. The van der Waals surface area contributed by atoms with Crippen molar-refractivity contribution in [2.45, 2.75) is 4.90 Å². The molecule has 0 aliphatic heterocycles. The number of nitrogens with zero attached hydrogens (tertiary/aromatic N) is 1. The van der Waals surface area contributed by atoms with Gasteiger partial charge in [0.25, 0.3) is 5.91 Å². The molecule has 2 aromatic carbocycles. The van der Waals surface area contributed by atoms with Crippen LogP contribution in [0.25, 0.3) is 0 Å². The number of nitrogens with two attached hydrogens (primary N) is 1. The van der Waals surface area contributed by atoms with E-state index in [1.807, 2.05) is 0 Å². The first-order valence-corrected chi connectivity index (χ1v) is 8.21. The van der Waals surface area contributed by atoms with Crippen LogP contribution in [0.15, 0.2) is 64.6 Å². The Morgan fingerprint density at radius 3 is 2.22 bits per heavy atom. The number of amides is 1. The quantitative estimate of drug-likeness (QED) is 0.255. The maximum atomic E-state index is 12.5. The van der Waals surface area contributed by atoms with E-state index in [2.05, 4.69) is 10.5 Å². The van der Waals surface area contributed by atoms with Gasteiger partial charge in [0.1, 0.15) is 0 Å². The molecule has 0 radical (unpaired) electrons. The van der Waals surface area contributed by atoms with Gasteiger partial charge in [0.05, 0.1) is 10.6 Å². The van der Waals surface area contributed by atoms with Crippen LogP contribution in [-0.2, 0) is 14.6 Å². The van der Waals surface area contributed by atoms with E-state index in [1.54, 1.807) is 35.8 Å². The molecule has 0 aliphatic carbocycles. The minimum Gasteiger partial charge on any atom is -0.288 e. The third-order valence-electron chi connectivity index (χ3n) is 2.76. The molecule has 120 valence electrons. The van der Waals surface area contributed by atoms with Crippen molar-refractivity contribution in [3.8, 4) is 0 Å². The van der Waals surface area contributed by atoms with Crippen molar-refractivity contribution in [2.24, 2.45) is 10.9 Å². The molecule has 0 aliphatic rings.